The van der Waals surface area contributed by atoms with E-state index in [9.17, 15) is 25.2 Å². The molecule has 6 bridgehead atoms. The number of allylic oxidation sites excluding steroid dienone is 3. The van der Waals surface area contributed by atoms with Gasteiger partial charge in [-0.05, 0) is 151 Å². The van der Waals surface area contributed by atoms with Crippen LogP contribution < -0.4 is 14.8 Å². The van der Waals surface area contributed by atoms with Crippen LogP contribution in [0, 0.1) is 23.9 Å². The molecule has 2 aliphatic heterocycles. The molecule has 5 N–H and O–H groups in total. The number of anilines is 1. The van der Waals surface area contributed by atoms with Crippen LogP contribution >= 0.6 is 0 Å². The van der Waals surface area contributed by atoms with E-state index in [1.54, 1.807) is 14.0 Å². The van der Waals surface area contributed by atoms with Gasteiger partial charge in [0, 0.05) is 43.7 Å². The van der Waals surface area contributed by atoms with Crippen molar-refractivity contribution in [3.63, 3.8) is 0 Å². The Morgan fingerprint density at radius 1 is 0.933 bits per heavy atom. The zero-order chi connectivity index (χ0) is 42.4. The van der Waals surface area contributed by atoms with E-state index in [4.69, 9.17) is 14.2 Å². The molecule has 0 aromatic heterocycles. The second-order valence-corrected chi connectivity index (χ2v) is 16.3. The number of ketones is 1. The molecular formula is C51H61NO8. The van der Waals surface area contributed by atoms with Crippen molar-refractivity contribution < 1.29 is 39.4 Å². The molecule has 0 saturated heterocycles. The van der Waals surface area contributed by atoms with Crippen LogP contribution in [0.4, 0.5) is 5.69 Å². The number of hydrogen-bond donors (Lipinski definition) is 5. The average molecular weight is 816 g/mol. The number of phenolic OH excluding ortho intramolecular Hbond substituents is 1. The summed E-state index contributed by atoms with van der Waals surface area (Å²) in [6, 6.07) is 22.1. The van der Waals surface area contributed by atoms with Crippen LogP contribution in [0.3, 0.4) is 0 Å². The number of phenols is 1. The molecule has 60 heavy (non-hydrogen) atoms. The number of Topliss-reactive ketones (excluding diaryl/α,β-unsaturated/α-hetero) is 1. The third-order valence-corrected chi connectivity index (χ3v) is 11.7. The van der Waals surface area contributed by atoms with Gasteiger partial charge in [-0.3, -0.25) is 4.79 Å². The van der Waals surface area contributed by atoms with Crippen molar-refractivity contribution in [2.24, 2.45) is 11.8 Å². The zero-order valence-electron chi connectivity index (χ0n) is 35.3. The fourth-order valence-corrected chi connectivity index (χ4v) is 8.41. The molecule has 0 amide bonds. The minimum Gasteiger partial charge on any atom is -0.508 e. The Morgan fingerprint density at radius 3 is 2.58 bits per heavy atom. The first kappa shape index (κ1) is 44.1. The second kappa shape index (κ2) is 21.7. The van der Waals surface area contributed by atoms with E-state index in [2.05, 4.69) is 48.5 Å². The molecule has 3 aliphatic rings. The van der Waals surface area contributed by atoms with Crippen LogP contribution in [0.2, 0.25) is 0 Å². The molecule has 4 unspecified atom stereocenters. The van der Waals surface area contributed by atoms with Crippen molar-refractivity contribution in [2.75, 3.05) is 25.6 Å². The number of unbranched alkanes of at least 4 members (excludes halogenated alkanes) is 1. The lowest BCUT2D eigenvalue weighted by Crippen LogP contribution is -2.25. The number of aromatic hydroxyl groups is 1. The summed E-state index contributed by atoms with van der Waals surface area (Å²) in [6.07, 6.45) is 13.4. The van der Waals surface area contributed by atoms with Crippen LogP contribution in [0.25, 0.3) is 10.8 Å². The van der Waals surface area contributed by atoms with Gasteiger partial charge >= 0.3 is 0 Å². The first-order valence-electron chi connectivity index (χ1n) is 21.6. The highest BCUT2D eigenvalue weighted by atomic mass is 16.5. The van der Waals surface area contributed by atoms with Gasteiger partial charge in [-0.25, -0.2) is 0 Å². The number of benzene rings is 4. The van der Waals surface area contributed by atoms with Crippen LogP contribution in [0.1, 0.15) is 93.0 Å². The molecule has 0 radical (unpaired) electrons. The summed E-state index contributed by atoms with van der Waals surface area (Å²) in [4.78, 5) is 13.7. The van der Waals surface area contributed by atoms with Gasteiger partial charge in [0.05, 0.1) is 13.2 Å². The van der Waals surface area contributed by atoms with E-state index in [0.717, 1.165) is 70.8 Å². The average Bonchev–Trinajstić information content (AvgIpc) is 3.24. The molecule has 4 atom stereocenters. The Kier molecular flexibility index (Phi) is 16.0. The van der Waals surface area contributed by atoms with Gasteiger partial charge in [0.25, 0.3) is 0 Å². The Bertz CT molecular complexity index is 2210. The quantitative estimate of drug-likeness (QED) is 0.0587. The number of rotatable bonds is 15. The van der Waals surface area contributed by atoms with Gasteiger partial charge in [-0.15, -0.1) is 0 Å². The summed E-state index contributed by atoms with van der Waals surface area (Å²) in [5, 5.41) is 46.9. The molecule has 318 valence electrons. The molecule has 9 nitrogen and oxygen atoms in total. The molecular weight excluding hydrogens is 755 g/mol. The number of aryl methyl sites for hydroxylation is 3. The maximum Gasteiger partial charge on any atom is 0.161 e. The normalized spacial score (nSPS) is 18.8. The number of aliphatic hydroxyl groups is 3. The van der Waals surface area contributed by atoms with Gasteiger partial charge in [0.1, 0.15) is 36.1 Å². The Labute approximate surface area is 355 Å². The number of hydrogen-bond acceptors (Lipinski definition) is 9. The minimum atomic E-state index is -0.530. The summed E-state index contributed by atoms with van der Waals surface area (Å²) in [7, 11) is 1.62. The van der Waals surface area contributed by atoms with Crippen LogP contribution in [0.15, 0.2) is 90.2 Å². The van der Waals surface area contributed by atoms with Gasteiger partial charge in [0.2, 0.25) is 0 Å². The molecule has 7 rings (SSSR count). The summed E-state index contributed by atoms with van der Waals surface area (Å²) in [5.41, 5.74) is 6.76. The number of aliphatic hydroxyl groups excluding tert-OH is 3. The first-order chi connectivity index (χ1) is 29.1. The SMILES string of the molecule is CCc1cc(O)c2c3ccc(cc13)COc1cc(ccc1OC)CCC(=O)CC(CC1C=C(O)C(CCCO)=CC1CCCCc1cccc(NCC(C)O)c1)OC#CC2. The van der Waals surface area contributed by atoms with Crippen molar-refractivity contribution in [2.45, 2.75) is 110 Å². The first-order valence-corrected chi connectivity index (χ1v) is 21.6. The van der Waals surface area contributed by atoms with E-state index >= 15 is 0 Å². The Hall–Kier alpha value is -5.43. The molecule has 4 aromatic rings. The molecule has 2 heterocycles. The highest BCUT2D eigenvalue weighted by molar-refractivity contribution is 5.91. The third kappa shape index (κ3) is 12.1. The summed E-state index contributed by atoms with van der Waals surface area (Å²) in [6.45, 7) is 4.69. The maximum absolute atomic E-state index is 13.7. The lowest BCUT2D eigenvalue weighted by molar-refractivity contribution is -0.121. The maximum atomic E-state index is 13.7. The lowest BCUT2D eigenvalue weighted by atomic mass is 9.77. The van der Waals surface area contributed by atoms with E-state index < -0.39 is 12.2 Å². The van der Waals surface area contributed by atoms with Crippen LogP contribution in [-0.4, -0.2) is 58.7 Å². The zero-order valence-corrected chi connectivity index (χ0v) is 35.3. The van der Waals surface area contributed by atoms with Gasteiger partial charge < -0.3 is 40.0 Å². The molecule has 1 aliphatic carbocycles. The van der Waals surface area contributed by atoms with E-state index in [-0.39, 0.29) is 48.6 Å². The summed E-state index contributed by atoms with van der Waals surface area (Å²) in [5.74, 6) is 4.83. The van der Waals surface area contributed by atoms with Crippen LogP contribution in [0.5, 0.6) is 17.2 Å². The van der Waals surface area contributed by atoms with Crippen molar-refractivity contribution >= 4 is 22.2 Å². The van der Waals surface area contributed by atoms with Crippen molar-refractivity contribution in [3.8, 4) is 29.3 Å². The van der Waals surface area contributed by atoms with E-state index in [1.807, 2.05) is 54.6 Å². The predicted molar refractivity (Wildman–Crippen MR) is 237 cm³/mol. The topological polar surface area (TPSA) is 138 Å². The summed E-state index contributed by atoms with van der Waals surface area (Å²) < 4.78 is 18.2. The molecule has 0 spiro atoms. The number of methoxy groups -OCH3 is 1. The van der Waals surface area contributed by atoms with Gasteiger partial charge in [-0.2, -0.15) is 0 Å². The highest BCUT2D eigenvalue weighted by Gasteiger charge is 2.29. The van der Waals surface area contributed by atoms with E-state index in [0.29, 0.717) is 62.3 Å². The number of fused-ring (bicyclic) bond motifs is 9. The minimum absolute atomic E-state index is 0.0444. The lowest BCUT2D eigenvalue weighted by Gasteiger charge is -2.30. The van der Waals surface area contributed by atoms with Gasteiger partial charge in [0.15, 0.2) is 11.5 Å². The van der Waals surface area contributed by atoms with E-state index in [1.165, 1.54) is 5.56 Å². The number of carbonyl (C=O) groups is 1. The number of carbonyl (C=O) groups excluding carboxylic acids is 1. The van der Waals surface area contributed by atoms with Crippen molar-refractivity contribution in [1.82, 2.24) is 0 Å². The third-order valence-electron chi connectivity index (χ3n) is 11.7. The smallest absolute Gasteiger partial charge is 0.161 e. The van der Waals surface area contributed by atoms with Crippen molar-refractivity contribution in [3.05, 3.63) is 118 Å². The Morgan fingerprint density at radius 2 is 1.78 bits per heavy atom. The number of nitrogens with one attached hydrogen (secondary N) is 1. The predicted octanol–water partition coefficient (Wildman–Crippen LogP) is 9.47. The molecule has 9 heteroatoms. The summed E-state index contributed by atoms with van der Waals surface area (Å²) >= 11 is 0. The van der Waals surface area contributed by atoms with Gasteiger partial charge in [-0.1, -0.05) is 55.7 Å². The Balaban J connectivity index is 1.24. The van der Waals surface area contributed by atoms with Crippen LogP contribution in [-0.2, 0) is 41.8 Å². The fourth-order valence-electron chi connectivity index (χ4n) is 8.41. The molecule has 4 aromatic carbocycles. The molecule has 0 saturated carbocycles. The second-order valence-electron chi connectivity index (χ2n) is 16.3. The monoisotopic (exact) mass is 815 g/mol. The van der Waals surface area contributed by atoms with Crippen molar-refractivity contribution in [1.29, 1.82) is 0 Å². The fraction of sp³-hybridized carbons (Fsp3) is 0.431. The molecule has 0 fully saturated rings. The largest absolute Gasteiger partial charge is 0.508 e. The standard InChI is InChI=1S/C51H61NO8/c1-4-38-29-49(57)46-15-9-23-59-44(31-43(55)19-16-36-18-21-50(58-3)51(26-36)60-33-37-17-20-45(46)47(38)25-37)28-41-30-48(56)40(13-8-22-53)27-39(41)12-6-5-10-35-11-7-14-42(24-35)52-32-34(2)54/h7,11,14,17-18,20-21,24-27,29-30,34,39,41,44,52-54,56-57H,4-6,8,10,12-13,15-16,19,22,28,31-33H2,1-3H3. The highest BCUT2D eigenvalue weighted by Crippen LogP contribution is 2.37. The number of ether oxygens (including phenoxy) is 3.